The maximum absolute atomic E-state index is 12.2. The van der Waals surface area contributed by atoms with Crippen LogP contribution >= 0.6 is 11.6 Å². The summed E-state index contributed by atoms with van der Waals surface area (Å²) >= 11 is 6.11. The number of esters is 2. The van der Waals surface area contributed by atoms with Crippen molar-refractivity contribution in [1.29, 1.82) is 0 Å². The summed E-state index contributed by atoms with van der Waals surface area (Å²) in [7, 11) is 2.31. The van der Waals surface area contributed by atoms with Gasteiger partial charge in [0, 0.05) is 5.02 Å². The molecule has 1 aromatic carbocycles. The number of hydrogen-bond acceptors (Lipinski definition) is 7. The van der Waals surface area contributed by atoms with E-state index in [9.17, 15) is 19.5 Å². The van der Waals surface area contributed by atoms with Gasteiger partial charge in [0.1, 0.15) is 12.4 Å². The summed E-state index contributed by atoms with van der Waals surface area (Å²) in [6.45, 7) is 1.32. The minimum atomic E-state index is -1.22. The number of rotatable bonds is 4. The van der Waals surface area contributed by atoms with Gasteiger partial charge in [0.05, 0.1) is 37.7 Å². The molecule has 25 heavy (non-hydrogen) atoms. The van der Waals surface area contributed by atoms with Crippen LogP contribution in [0.25, 0.3) is 0 Å². The minimum Gasteiger partial charge on any atom is -0.478 e. The van der Waals surface area contributed by atoms with Gasteiger partial charge in [-0.05, 0) is 24.6 Å². The first-order chi connectivity index (χ1) is 11.8. The van der Waals surface area contributed by atoms with E-state index in [-0.39, 0.29) is 35.9 Å². The van der Waals surface area contributed by atoms with E-state index in [0.29, 0.717) is 10.6 Å². The lowest BCUT2D eigenvalue weighted by molar-refractivity contribution is -0.140. The third-order valence-corrected chi connectivity index (χ3v) is 4.04. The standard InChI is InChI=1S/C16H16ClNO7/c1-8-4-9(14(19)20)12(5-11(8)17)18-7-25-6-10(15(21)23-2)13(18)16(22)24-3/h4-5H,6-7H2,1-3H3,(H,19,20). The highest BCUT2D eigenvalue weighted by Crippen LogP contribution is 2.33. The fraction of sp³-hybridized carbons (Fsp3) is 0.312. The second kappa shape index (κ2) is 7.54. The van der Waals surface area contributed by atoms with E-state index in [2.05, 4.69) is 4.74 Å². The van der Waals surface area contributed by atoms with Crippen molar-refractivity contribution in [3.8, 4) is 0 Å². The van der Waals surface area contributed by atoms with Crippen LogP contribution in [0.1, 0.15) is 15.9 Å². The van der Waals surface area contributed by atoms with Gasteiger partial charge in [-0.3, -0.25) is 0 Å². The Bertz CT molecular complexity index is 772. The molecule has 1 N–H and O–H groups in total. The highest BCUT2D eigenvalue weighted by molar-refractivity contribution is 6.32. The van der Waals surface area contributed by atoms with Crippen LogP contribution in [0.3, 0.4) is 0 Å². The third kappa shape index (κ3) is 3.59. The van der Waals surface area contributed by atoms with Crippen molar-refractivity contribution >= 4 is 35.2 Å². The lowest BCUT2D eigenvalue weighted by Gasteiger charge is -2.32. The highest BCUT2D eigenvalue weighted by Gasteiger charge is 2.34. The van der Waals surface area contributed by atoms with Crippen LogP contribution in [0.15, 0.2) is 23.4 Å². The smallest absolute Gasteiger partial charge is 0.355 e. The van der Waals surface area contributed by atoms with Crippen LogP contribution in [0.2, 0.25) is 5.02 Å². The zero-order valence-corrected chi connectivity index (χ0v) is 14.5. The average Bonchev–Trinajstić information content (AvgIpc) is 2.61. The molecule has 0 fully saturated rings. The Balaban J connectivity index is 2.72. The van der Waals surface area contributed by atoms with Crippen molar-refractivity contribution in [2.24, 2.45) is 0 Å². The molecule has 1 aliphatic heterocycles. The summed E-state index contributed by atoms with van der Waals surface area (Å²) in [5, 5.41) is 9.78. The van der Waals surface area contributed by atoms with E-state index in [1.54, 1.807) is 6.92 Å². The number of hydrogen-bond donors (Lipinski definition) is 1. The number of carbonyl (C=O) groups is 3. The molecule has 0 aromatic heterocycles. The molecule has 0 saturated carbocycles. The van der Waals surface area contributed by atoms with Gasteiger partial charge < -0.3 is 24.2 Å². The topological polar surface area (TPSA) is 102 Å². The first kappa shape index (κ1) is 18.8. The Morgan fingerprint density at radius 2 is 1.84 bits per heavy atom. The largest absolute Gasteiger partial charge is 0.478 e. The molecule has 0 aliphatic carbocycles. The predicted octanol–water partition coefficient (Wildman–Crippen LogP) is 1.74. The van der Waals surface area contributed by atoms with E-state index in [0.717, 1.165) is 14.2 Å². The number of nitrogens with zero attached hydrogens (tertiary/aromatic N) is 1. The van der Waals surface area contributed by atoms with Gasteiger partial charge in [0.15, 0.2) is 0 Å². The van der Waals surface area contributed by atoms with Crippen molar-refractivity contribution in [3.05, 3.63) is 39.6 Å². The molecule has 9 heteroatoms. The first-order valence-corrected chi connectivity index (χ1v) is 7.48. The van der Waals surface area contributed by atoms with Gasteiger partial charge in [-0.15, -0.1) is 0 Å². The lowest BCUT2D eigenvalue weighted by Crippen LogP contribution is -2.39. The van der Waals surface area contributed by atoms with Crippen LogP contribution < -0.4 is 4.90 Å². The highest BCUT2D eigenvalue weighted by atomic mass is 35.5. The molecule has 2 rings (SSSR count). The molecule has 1 aliphatic rings. The van der Waals surface area contributed by atoms with Crippen LogP contribution in [0.5, 0.6) is 0 Å². The zero-order valence-electron chi connectivity index (χ0n) is 13.8. The molecule has 0 bridgehead atoms. The first-order valence-electron chi connectivity index (χ1n) is 7.10. The second-order valence-corrected chi connectivity index (χ2v) is 5.55. The quantitative estimate of drug-likeness (QED) is 0.801. The van der Waals surface area contributed by atoms with Crippen molar-refractivity contribution in [2.45, 2.75) is 6.92 Å². The van der Waals surface area contributed by atoms with Crippen LogP contribution in [-0.2, 0) is 23.8 Å². The molecule has 8 nitrogen and oxygen atoms in total. The van der Waals surface area contributed by atoms with E-state index in [4.69, 9.17) is 21.1 Å². The fourth-order valence-electron chi connectivity index (χ4n) is 2.40. The number of carbonyl (C=O) groups excluding carboxylic acids is 2. The normalized spacial score (nSPS) is 14.3. The molecule has 0 saturated heterocycles. The monoisotopic (exact) mass is 369 g/mol. The molecule has 0 spiro atoms. The molecule has 1 aromatic rings. The van der Waals surface area contributed by atoms with Crippen molar-refractivity contribution in [2.75, 3.05) is 32.5 Å². The third-order valence-electron chi connectivity index (χ3n) is 3.63. The SMILES string of the molecule is COC(=O)C1=C(C(=O)OC)N(c2cc(Cl)c(C)cc2C(=O)O)COC1. The predicted molar refractivity (Wildman–Crippen MR) is 87.5 cm³/mol. The maximum Gasteiger partial charge on any atom is 0.355 e. The Labute approximate surface area is 148 Å². The van der Waals surface area contributed by atoms with Gasteiger partial charge >= 0.3 is 17.9 Å². The Morgan fingerprint density at radius 1 is 1.20 bits per heavy atom. The Hall–Kier alpha value is -2.58. The van der Waals surface area contributed by atoms with E-state index >= 15 is 0 Å². The van der Waals surface area contributed by atoms with Crippen molar-refractivity contribution in [1.82, 2.24) is 0 Å². The number of carboxylic acids is 1. The number of halogens is 1. The van der Waals surface area contributed by atoms with Gasteiger partial charge in [-0.2, -0.15) is 0 Å². The molecule has 0 radical (unpaired) electrons. The number of aryl methyl sites for hydroxylation is 1. The summed E-state index contributed by atoms with van der Waals surface area (Å²) in [5.74, 6) is -2.82. The lowest BCUT2D eigenvalue weighted by atomic mass is 10.1. The molecule has 0 amide bonds. The van der Waals surface area contributed by atoms with Crippen LogP contribution in [0.4, 0.5) is 5.69 Å². The van der Waals surface area contributed by atoms with Crippen LogP contribution in [0, 0.1) is 6.92 Å². The number of ether oxygens (including phenoxy) is 3. The molecule has 1 heterocycles. The molecule has 0 unspecified atom stereocenters. The van der Waals surface area contributed by atoms with Crippen LogP contribution in [-0.4, -0.2) is 50.6 Å². The summed E-state index contributed by atoms with van der Waals surface area (Å²) in [4.78, 5) is 37.1. The Morgan fingerprint density at radius 3 is 2.40 bits per heavy atom. The van der Waals surface area contributed by atoms with Gasteiger partial charge in [-0.25, -0.2) is 14.4 Å². The maximum atomic E-state index is 12.2. The second-order valence-electron chi connectivity index (χ2n) is 5.14. The number of anilines is 1. The Kier molecular flexibility index (Phi) is 5.66. The van der Waals surface area contributed by atoms with Gasteiger partial charge in [-0.1, -0.05) is 11.6 Å². The fourth-order valence-corrected chi connectivity index (χ4v) is 2.56. The molecular weight excluding hydrogens is 354 g/mol. The molecule has 0 atom stereocenters. The van der Waals surface area contributed by atoms with Gasteiger partial charge in [0.2, 0.25) is 0 Å². The van der Waals surface area contributed by atoms with E-state index in [1.165, 1.54) is 17.0 Å². The van der Waals surface area contributed by atoms with E-state index < -0.39 is 17.9 Å². The summed E-state index contributed by atoms with van der Waals surface area (Å²) in [6.07, 6.45) is 0. The van der Waals surface area contributed by atoms with Gasteiger partial charge in [0.25, 0.3) is 0 Å². The molecule has 134 valence electrons. The molecular formula is C16H16ClNO7. The summed E-state index contributed by atoms with van der Waals surface area (Å²) in [6, 6.07) is 2.77. The number of methoxy groups -OCH3 is 2. The van der Waals surface area contributed by atoms with Crippen molar-refractivity contribution in [3.63, 3.8) is 0 Å². The average molecular weight is 370 g/mol. The number of aromatic carboxylic acids is 1. The minimum absolute atomic E-state index is 0.0753. The van der Waals surface area contributed by atoms with E-state index in [1.807, 2.05) is 0 Å². The summed E-state index contributed by atoms with van der Waals surface area (Å²) in [5.41, 5.74) is 0.330. The number of carboxylic acid groups (broad SMARTS) is 1. The van der Waals surface area contributed by atoms with Crippen molar-refractivity contribution < 1.29 is 33.7 Å². The zero-order chi connectivity index (χ0) is 18.7. The summed E-state index contributed by atoms with van der Waals surface area (Å²) < 4.78 is 14.7. The number of benzene rings is 1.